The first-order valence-corrected chi connectivity index (χ1v) is 4.91. The van der Waals surface area contributed by atoms with E-state index in [1.165, 1.54) is 0 Å². The Hall–Kier alpha value is 1.07. The monoisotopic (exact) mass is 225 g/mol. The molecule has 0 aliphatic heterocycles. The fraction of sp³-hybridized carbons (Fsp3) is 0.900. The summed E-state index contributed by atoms with van der Waals surface area (Å²) in [5, 5.41) is 8.79. The Labute approximate surface area is 130 Å². The molecule has 1 fully saturated rings. The van der Waals surface area contributed by atoms with Crippen LogP contribution in [0.2, 0.25) is 0 Å². The van der Waals surface area contributed by atoms with Gasteiger partial charge >= 0.3 is 57.4 Å². The van der Waals surface area contributed by atoms with Crippen molar-refractivity contribution in [3.8, 4) is 0 Å². The Morgan fingerprint density at radius 3 is 2.21 bits per heavy atom. The van der Waals surface area contributed by atoms with Crippen LogP contribution in [0.25, 0.3) is 0 Å². The van der Waals surface area contributed by atoms with E-state index >= 15 is 0 Å². The summed E-state index contributed by atoms with van der Waals surface area (Å²) in [5.41, 5.74) is 5.56. The molecule has 1 rings (SSSR count). The van der Waals surface area contributed by atoms with Gasteiger partial charge in [-0.15, -0.1) is 0 Å². The topological polar surface area (TPSA) is 63.3 Å². The summed E-state index contributed by atoms with van der Waals surface area (Å²) in [7, 11) is 0. The largest absolute Gasteiger partial charge is 1.00 e. The average molecular weight is 225 g/mol. The van der Waals surface area contributed by atoms with Crippen LogP contribution < -0.4 is 57.1 Å². The first-order valence-electron chi connectivity index (χ1n) is 4.91. The minimum atomic E-state index is -0.716. The van der Waals surface area contributed by atoms with Crippen molar-refractivity contribution in [1.29, 1.82) is 0 Å². The molecule has 0 spiro atoms. The summed E-state index contributed by atoms with van der Waals surface area (Å²) in [5.74, 6) is 0.512. The van der Waals surface area contributed by atoms with E-state index in [1.54, 1.807) is 0 Å². The van der Waals surface area contributed by atoms with Gasteiger partial charge in [-0.3, -0.25) is 4.79 Å². The van der Waals surface area contributed by atoms with E-state index in [-0.39, 0.29) is 64.6 Å². The van der Waals surface area contributed by atoms with Crippen LogP contribution in [-0.2, 0) is 4.79 Å². The van der Waals surface area contributed by atoms with Crippen LogP contribution in [0.5, 0.6) is 0 Å². The first kappa shape index (κ1) is 15.1. The fourth-order valence-electron chi connectivity index (χ4n) is 2.56. The molecule has 0 unspecified atom stereocenters. The second kappa shape index (κ2) is 5.96. The molecule has 14 heavy (non-hydrogen) atoms. The predicted octanol–water partition coefficient (Wildman–Crippen LogP) is -1.41. The molecule has 4 heteroatoms. The second-order valence-corrected chi connectivity index (χ2v) is 4.64. The van der Waals surface area contributed by atoms with Crippen LogP contribution >= 0.6 is 0 Å². The molecule has 0 aromatic rings. The minimum absolute atomic E-state index is 0. The number of hydrogen-bond acceptors (Lipinski definition) is 2. The van der Waals surface area contributed by atoms with Crippen LogP contribution in [0.1, 0.15) is 34.5 Å². The van der Waals surface area contributed by atoms with Gasteiger partial charge in [0.05, 0.1) is 6.42 Å². The van der Waals surface area contributed by atoms with Gasteiger partial charge in [-0.2, -0.15) is 0 Å². The Bertz CT molecular complexity index is 204. The van der Waals surface area contributed by atoms with Gasteiger partial charge in [-0.05, 0) is 36.6 Å². The van der Waals surface area contributed by atoms with Crippen molar-refractivity contribution in [3.05, 3.63) is 0 Å². The molecule has 3 nitrogen and oxygen atoms in total. The number of carboxylic acid groups (broad SMARTS) is 1. The van der Waals surface area contributed by atoms with Gasteiger partial charge < -0.3 is 12.3 Å². The number of carboxylic acids is 1. The van der Waals surface area contributed by atoms with Crippen molar-refractivity contribution in [2.24, 2.45) is 23.0 Å². The van der Waals surface area contributed by atoms with Crippen molar-refractivity contribution in [2.75, 3.05) is 6.54 Å². The number of hydrogen-bond donors (Lipinski definition) is 2. The zero-order chi connectivity index (χ0) is 10.1. The van der Waals surface area contributed by atoms with Gasteiger partial charge in [-0.1, -0.05) is 13.8 Å². The number of aliphatic carboxylic acids is 1. The van der Waals surface area contributed by atoms with Gasteiger partial charge in [0.2, 0.25) is 0 Å². The first-order chi connectivity index (χ1) is 5.99. The molecule has 1 aliphatic carbocycles. The van der Waals surface area contributed by atoms with Crippen LogP contribution in [-0.4, -0.2) is 17.6 Å². The molecule has 0 aromatic carbocycles. The maximum Gasteiger partial charge on any atom is 1.00 e. The van der Waals surface area contributed by atoms with Gasteiger partial charge in [0.1, 0.15) is 0 Å². The smallest absolute Gasteiger partial charge is 1.00 e. The van der Waals surface area contributed by atoms with Crippen molar-refractivity contribution in [2.45, 2.75) is 33.1 Å². The Balaban J connectivity index is 0. The van der Waals surface area contributed by atoms with Crippen molar-refractivity contribution in [3.63, 3.8) is 0 Å². The van der Waals surface area contributed by atoms with Gasteiger partial charge in [0.25, 0.3) is 0 Å². The van der Waals surface area contributed by atoms with E-state index in [2.05, 4.69) is 13.8 Å². The summed E-state index contributed by atoms with van der Waals surface area (Å²) in [4.78, 5) is 10.7. The minimum Gasteiger partial charge on any atom is -1.00 e. The molecule has 0 radical (unpaired) electrons. The Kier molecular flexibility index (Phi) is 6.42. The van der Waals surface area contributed by atoms with Crippen LogP contribution in [0.3, 0.4) is 0 Å². The Morgan fingerprint density at radius 1 is 1.50 bits per heavy atom. The van der Waals surface area contributed by atoms with Crippen LogP contribution in [0, 0.1) is 17.3 Å². The standard InChI is InChI=1S/C10H19NO2.K.H/c1-7-3-10(6-11,4-8(7)2)5-9(12)13;;/h7-8H,3-6,11H2,1-2H3,(H,12,13);;/q;+1;-1/t7-,8-;;/m0../s1. The zero-order valence-electron chi connectivity index (χ0n) is 10.4. The van der Waals surface area contributed by atoms with E-state index in [0.717, 1.165) is 12.8 Å². The third-order valence-corrected chi connectivity index (χ3v) is 3.44. The van der Waals surface area contributed by atoms with Crippen molar-refractivity contribution in [1.82, 2.24) is 0 Å². The van der Waals surface area contributed by atoms with Crippen molar-refractivity contribution < 1.29 is 62.7 Å². The third kappa shape index (κ3) is 3.58. The van der Waals surface area contributed by atoms with E-state index in [4.69, 9.17) is 10.8 Å². The van der Waals surface area contributed by atoms with E-state index in [9.17, 15) is 4.79 Å². The Morgan fingerprint density at radius 2 is 1.93 bits per heavy atom. The zero-order valence-corrected chi connectivity index (χ0v) is 12.5. The molecule has 0 heterocycles. The third-order valence-electron chi connectivity index (χ3n) is 3.44. The van der Waals surface area contributed by atoms with E-state index in [0.29, 0.717) is 18.4 Å². The molecule has 0 amide bonds. The normalized spacial score (nSPS) is 29.6. The molecule has 0 aromatic heterocycles. The van der Waals surface area contributed by atoms with Crippen LogP contribution in [0.15, 0.2) is 0 Å². The maximum atomic E-state index is 10.7. The van der Waals surface area contributed by atoms with Crippen LogP contribution in [0.4, 0.5) is 0 Å². The SMILES string of the molecule is C[C@H]1CC(CN)(CC(=O)O)C[C@@H]1C.[H-].[K+]. The molecule has 1 saturated carbocycles. The molecular formula is C10H20KNO2. The number of nitrogens with two attached hydrogens (primary N) is 1. The van der Waals surface area contributed by atoms with Crippen molar-refractivity contribution >= 4 is 5.97 Å². The van der Waals surface area contributed by atoms with Gasteiger partial charge in [-0.25, -0.2) is 0 Å². The molecule has 3 N–H and O–H groups in total. The quantitative estimate of drug-likeness (QED) is 0.580. The fourth-order valence-corrected chi connectivity index (χ4v) is 2.56. The summed E-state index contributed by atoms with van der Waals surface area (Å²) in [6.07, 6.45) is 2.17. The number of rotatable bonds is 3. The summed E-state index contributed by atoms with van der Waals surface area (Å²) in [6.45, 7) is 4.88. The van der Waals surface area contributed by atoms with Gasteiger partial charge in [0, 0.05) is 0 Å². The molecule has 2 atom stereocenters. The predicted molar refractivity (Wildman–Crippen MR) is 52.4 cm³/mol. The summed E-state index contributed by atoms with van der Waals surface area (Å²) < 4.78 is 0. The molecule has 0 saturated heterocycles. The second-order valence-electron chi connectivity index (χ2n) is 4.64. The van der Waals surface area contributed by atoms with Gasteiger partial charge in [0.15, 0.2) is 0 Å². The average Bonchev–Trinajstić information content (AvgIpc) is 2.27. The van der Waals surface area contributed by atoms with E-state index < -0.39 is 5.97 Å². The molecular weight excluding hydrogens is 205 g/mol. The molecule has 78 valence electrons. The molecule has 0 bridgehead atoms. The summed E-state index contributed by atoms with van der Waals surface area (Å²) >= 11 is 0. The number of carbonyl (C=O) groups is 1. The van der Waals surface area contributed by atoms with E-state index in [1.807, 2.05) is 0 Å². The maximum absolute atomic E-state index is 10.7. The molecule has 1 aliphatic rings. The summed E-state index contributed by atoms with van der Waals surface area (Å²) in [6, 6.07) is 0.